The van der Waals surface area contributed by atoms with Crippen LogP contribution in [-0.2, 0) is 20.2 Å². The van der Waals surface area contributed by atoms with Gasteiger partial charge < -0.3 is 5.73 Å². The topological polar surface area (TPSA) is 135 Å². The van der Waals surface area contributed by atoms with Crippen LogP contribution in [0.5, 0.6) is 0 Å². The molecular weight excluding hydrogens is 269 g/mol. The number of hydrogen-bond acceptors (Lipinski definition) is 5. The van der Waals surface area contributed by atoms with Crippen LogP contribution in [-0.4, -0.2) is 55.5 Å². The Morgan fingerprint density at radius 3 is 1.88 bits per heavy atom. The zero-order chi connectivity index (χ0) is 11.9. The summed E-state index contributed by atoms with van der Waals surface area (Å²) in [7, 11) is -9.15. The van der Waals surface area contributed by atoms with Gasteiger partial charge in [-0.05, 0) is 18.2 Å². The molecule has 0 aliphatic carbocycles. The molecule has 0 aliphatic rings. The van der Waals surface area contributed by atoms with Crippen molar-refractivity contribution < 1.29 is 25.9 Å². The van der Waals surface area contributed by atoms with Crippen molar-refractivity contribution in [2.24, 2.45) is 0 Å². The Balaban J connectivity index is 0.00000225. The van der Waals surface area contributed by atoms with Gasteiger partial charge in [-0.15, -0.1) is 0 Å². The largest absolute Gasteiger partial charge is 0.398 e. The van der Waals surface area contributed by atoms with Crippen molar-refractivity contribution in [3.8, 4) is 0 Å². The number of benzene rings is 1. The van der Waals surface area contributed by atoms with Gasteiger partial charge in [0.1, 0.15) is 4.90 Å². The second-order valence-electron chi connectivity index (χ2n) is 2.65. The molecule has 0 saturated heterocycles. The van der Waals surface area contributed by atoms with Gasteiger partial charge in [0.15, 0.2) is 0 Å². The average Bonchev–Trinajstić information content (AvgIpc) is 2.00. The fourth-order valence-corrected chi connectivity index (χ4v) is 2.12. The summed E-state index contributed by atoms with van der Waals surface area (Å²) in [5.74, 6) is 0. The maximum Gasteiger partial charge on any atom is 0.296 e. The molecule has 0 bridgehead atoms. The molecule has 0 heterocycles. The molecule has 1 aromatic carbocycles. The summed E-state index contributed by atoms with van der Waals surface area (Å²) in [6, 6.07) is 2.44. The van der Waals surface area contributed by atoms with Crippen LogP contribution in [0, 0.1) is 0 Å². The zero-order valence-corrected chi connectivity index (χ0v) is 11.8. The van der Waals surface area contributed by atoms with Gasteiger partial charge in [0, 0.05) is 29.6 Å². The van der Waals surface area contributed by atoms with Crippen molar-refractivity contribution in [3.63, 3.8) is 0 Å². The van der Waals surface area contributed by atoms with E-state index in [4.69, 9.17) is 14.8 Å². The van der Waals surface area contributed by atoms with Gasteiger partial charge in [0.25, 0.3) is 20.2 Å². The summed E-state index contributed by atoms with van der Waals surface area (Å²) in [6.07, 6.45) is 0. The molecule has 0 amide bonds. The third kappa shape index (κ3) is 3.70. The summed E-state index contributed by atoms with van der Waals surface area (Å²) in [5, 5.41) is 0. The first-order valence-electron chi connectivity index (χ1n) is 3.47. The Kier molecular flexibility index (Phi) is 4.95. The van der Waals surface area contributed by atoms with Gasteiger partial charge in [-0.25, -0.2) is 0 Å². The molecule has 0 fully saturated rings. The van der Waals surface area contributed by atoms with Gasteiger partial charge in [-0.1, -0.05) is 0 Å². The summed E-state index contributed by atoms with van der Waals surface area (Å²) >= 11 is 0. The molecule has 0 saturated carbocycles. The van der Waals surface area contributed by atoms with Crippen molar-refractivity contribution in [1.82, 2.24) is 0 Å². The molecule has 0 atom stereocenters. The molecular formula is C6H7NNaO6S2. The second-order valence-corrected chi connectivity index (χ2v) is 5.46. The molecule has 7 nitrogen and oxygen atoms in total. The molecule has 0 spiro atoms. The fourth-order valence-electron chi connectivity index (χ4n) is 0.899. The Labute approximate surface area is 114 Å². The molecule has 16 heavy (non-hydrogen) atoms. The number of anilines is 1. The maximum absolute atomic E-state index is 10.7. The van der Waals surface area contributed by atoms with E-state index in [1.165, 1.54) is 0 Å². The van der Waals surface area contributed by atoms with E-state index in [1.54, 1.807) is 0 Å². The Bertz CT molecular complexity index is 593. The van der Waals surface area contributed by atoms with Gasteiger partial charge in [0.05, 0.1) is 10.6 Å². The van der Waals surface area contributed by atoms with E-state index in [0.29, 0.717) is 6.07 Å². The molecule has 85 valence electrons. The SMILES string of the molecule is Nc1ccc(S(=O)(=O)O)cc1S(=O)(=O)O.[Na]. The number of rotatable bonds is 2. The van der Waals surface area contributed by atoms with E-state index in [0.717, 1.165) is 12.1 Å². The van der Waals surface area contributed by atoms with Crippen LogP contribution in [0.25, 0.3) is 0 Å². The van der Waals surface area contributed by atoms with Crippen LogP contribution in [0.3, 0.4) is 0 Å². The third-order valence-electron chi connectivity index (χ3n) is 1.56. The minimum atomic E-state index is -4.62. The van der Waals surface area contributed by atoms with Crippen LogP contribution in [0.1, 0.15) is 0 Å². The van der Waals surface area contributed by atoms with E-state index in [-0.39, 0.29) is 35.2 Å². The minimum absolute atomic E-state index is 0. The van der Waals surface area contributed by atoms with E-state index in [9.17, 15) is 16.8 Å². The number of hydrogen-bond donors (Lipinski definition) is 3. The van der Waals surface area contributed by atoms with Crippen LogP contribution in [0.2, 0.25) is 0 Å². The Morgan fingerprint density at radius 2 is 1.50 bits per heavy atom. The predicted molar refractivity (Wildman–Crippen MR) is 56.2 cm³/mol. The Morgan fingerprint density at radius 1 is 1.00 bits per heavy atom. The van der Waals surface area contributed by atoms with E-state index < -0.39 is 30.0 Å². The van der Waals surface area contributed by atoms with Crippen molar-refractivity contribution in [2.75, 3.05) is 5.73 Å². The van der Waals surface area contributed by atoms with Crippen LogP contribution in [0.4, 0.5) is 5.69 Å². The first-order chi connectivity index (χ1) is 6.62. The third-order valence-corrected chi connectivity index (χ3v) is 3.32. The van der Waals surface area contributed by atoms with Gasteiger partial charge in [-0.3, -0.25) is 9.11 Å². The van der Waals surface area contributed by atoms with E-state index >= 15 is 0 Å². The van der Waals surface area contributed by atoms with Gasteiger partial charge in [-0.2, -0.15) is 16.8 Å². The zero-order valence-electron chi connectivity index (χ0n) is 8.15. The number of nitrogens with two attached hydrogens (primary N) is 1. The second kappa shape index (κ2) is 5.00. The minimum Gasteiger partial charge on any atom is -0.398 e. The van der Waals surface area contributed by atoms with Crippen molar-refractivity contribution in [2.45, 2.75) is 9.79 Å². The first-order valence-corrected chi connectivity index (χ1v) is 6.35. The summed E-state index contributed by atoms with van der Waals surface area (Å²) < 4.78 is 60.1. The summed E-state index contributed by atoms with van der Waals surface area (Å²) in [4.78, 5) is -1.43. The molecule has 0 aliphatic heterocycles. The molecule has 1 rings (SSSR count). The first kappa shape index (κ1) is 15.8. The fraction of sp³-hybridized carbons (Fsp3) is 0. The van der Waals surface area contributed by atoms with Crippen LogP contribution in [0.15, 0.2) is 28.0 Å². The summed E-state index contributed by atoms with van der Waals surface area (Å²) in [5.41, 5.74) is 4.89. The quantitative estimate of drug-likeness (QED) is 0.372. The van der Waals surface area contributed by atoms with Crippen molar-refractivity contribution in [1.29, 1.82) is 0 Å². The normalized spacial score (nSPS) is 11.9. The monoisotopic (exact) mass is 276 g/mol. The van der Waals surface area contributed by atoms with Crippen molar-refractivity contribution >= 4 is 55.5 Å². The van der Waals surface area contributed by atoms with E-state index in [2.05, 4.69) is 0 Å². The van der Waals surface area contributed by atoms with Crippen molar-refractivity contribution in [3.05, 3.63) is 18.2 Å². The van der Waals surface area contributed by atoms with E-state index in [1.807, 2.05) is 0 Å². The van der Waals surface area contributed by atoms with Crippen LogP contribution >= 0.6 is 0 Å². The van der Waals surface area contributed by atoms with Gasteiger partial charge in [0.2, 0.25) is 0 Å². The summed E-state index contributed by atoms with van der Waals surface area (Å²) in [6.45, 7) is 0. The maximum atomic E-state index is 10.7. The van der Waals surface area contributed by atoms with Crippen LogP contribution < -0.4 is 5.73 Å². The number of nitrogen functional groups attached to an aromatic ring is 1. The molecule has 0 aromatic heterocycles. The van der Waals surface area contributed by atoms with Gasteiger partial charge >= 0.3 is 0 Å². The Hall–Kier alpha value is -0.160. The molecule has 10 heteroatoms. The predicted octanol–water partition coefficient (Wildman–Crippen LogP) is -0.619. The molecule has 4 N–H and O–H groups in total. The smallest absolute Gasteiger partial charge is 0.296 e. The molecule has 0 unspecified atom stereocenters. The standard InChI is InChI=1S/C6H7NO6S2.Na/c7-5-2-1-4(14(8,9)10)3-6(5)15(11,12)13;/h1-3H,7H2,(H,8,9,10)(H,11,12,13);. The average molecular weight is 276 g/mol. The molecule has 1 aromatic rings. The molecule has 1 radical (unpaired) electrons.